The molecule has 4 heteroatoms. The van der Waals surface area contributed by atoms with Crippen LogP contribution in [0.1, 0.15) is 37.3 Å². The largest absolute Gasteiger partial charge is 0.496 e. The Hall–Kier alpha value is -1.10. The molecule has 0 bridgehead atoms. The van der Waals surface area contributed by atoms with Gasteiger partial charge in [0.15, 0.2) is 0 Å². The van der Waals surface area contributed by atoms with Gasteiger partial charge in [-0.05, 0) is 18.9 Å². The van der Waals surface area contributed by atoms with Gasteiger partial charge in [0.05, 0.1) is 25.9 Å². The zero-order valence-electron chi connectivity index (χ0n) is 12.8. The molecule has 0 amide bonds. The van der Waals surface area contributed by atoms with Gasteiger partial charge in [-0.3, -0.25) is 4.90 Å². The van der Waals surface area contributed by atoms with Gasteiger partial charge in [-0.1, -0.05) is 31.0 Å². The molecule has 4 nitrogen and oxygen atoms in total. The van der Waals surface area contributed by atoms with Crippen molar-refractivity contribution >= 4 is 0 Å². The van der Waals surface area contributed by atoms with Gasteiger partial charge in [0.2, 0.25) is 0 Å². The standard InChI is InChI=1S/C17H26N2O2/c1-20-16-8-4-2-6-13(16)15(12-18)19-10-11-21-17-9-5-3-7-14(17)19/h2,4,6,8,14-15,17H,3,5,7,9-12,18H2,1H3. The van der Waals surface area contributed by atoms with Crippen LogP contribution in [-0.2, 0) is 4.74 Å². The highest BCUT2D eigenvalue weighted by Gasteiger charge is 2.38. The van der Waals surface area contributed by atoms with E-state index in [1.807, 2.05) is 12.1 Å². The lowest BCUT2D eigenvalue weighted by Crippen LogP contribution is -2.54. The molecule has 2 aliphatic rings. The SMILES string of the molecule is COc1ccccc1C(CN)N1CCOC2CCCCC21. The van der Waals surface area contributed by atoms with Gasteiger partial charge in [0.1, 0.15) is 5.75 Å². The van der Waals surface area contributed by atoms with Crippen LogP contribution < -0.4 is 10.5 Å². The molecule has 1 saturated carbocycles. The van der Waals surface area contributed by atoms with Crippen molar-refractivity contribution in [1.29, 1.82) is 0 Å². The molecule has 1 saturated heterocycles. The molecule has 3 rings (SSSR count). The minimum atomic E-state index is 0.218. The van der Waals surface area contributed by atoms with Gasteiger partial charge in [-0.25, -0.2) is 0 Å². The van der Waals surface area contributed by atoms with Crippen molar-refractivity contribution in [2.45, 2.75) is 43.9 Å². The highest BCUT2D eigenvalue weighted by molar-refractivity contribution is 5.36. The number of ether oxygens (including phenoxy) is 2. The smallest absolute Gasteiger partial charge is 0.123 e. The number of nitrogens with zero attached hydrogens (tertiary/aromatic N) is 1. The maximum Gasteiger partial charge on any atom is 0.123 e. The molecule has 2 N–H and O–H groups in total. The average molecular weight is 290 g/mol. The molecule has 21 heavy (non-hydrogen) atoms. The van der Waals surface area contributed by atoms with E-state index in [1.54, 1.807) is 7.11 Å². The van der Waals surface area contributed by atoms with Crippen LogP contribution >= 0.6 is 0 Å². The summed E-state index contributed by atoms with van der Waals surface area (Å²) in [5, 5.41) is 0. The Morgan fingerprint density at radius 3 is 2.95 bits per heavy atom. The molecule has 1 aliphatic carbocycles. The highest BCUT2D eigenvalue weighted by atomic mass is 16.5. The van der Waals surface area contributed by atoms with Crippen LogP contribution in [0.3, 0.4) is 0 Å². The molecule has 3 unspecified atom stereocenters. The highest BCUT2D eigenvalue weighted by Crippen LogP contribution is 2.36. The second-order valence-electron chi connectivity index (χ2n) is 5.99. The Kier molecular flexibility index (Phi) is 4.78. The number of benzene rings is 1. The summed E-state index contributed by atoms with van der Waals surface area (Å²) in [5.74, 6) is 0.937. The second kappa shape index (κ2) is 6.77. The monoisotopic (exact) mass is 290 g/mol. The van der Waals surface area contributed by atoms with E-state index in [4.69, 9.17) is 15.2 Å². The van der Waals surface area contributed by atoms with Gasteiger partial charge in [-0.2, -0.15) is 0 Å². The summed E-state index contributed by atoms with van der Waals surface area (Å²) in [7, 11) is 1.73. The van der Waals surface area contributed by atoms with Gasteiger partial charge >= 0.3 is 0 Å². The van der Waals surface area contributed by atoms with Crippen LogP contribution in [0.4, 0.5) is 0 Å². The van der Waals surface area contributed by atoms with E-state index in [-0.39, 0.29) is 6.04 Å². The first-order valence-corrected chi connectivity index (χ1v) is 8.05. The summed E-state index contributed by atoms with van der Waals surface area (Å²) in [5.41, 5.74) is 7.35. The van der Waals surface area contributed by atoms with E-state index in [9.17, 15) is 0 Å². The summed E-state index contributed by atoms with van der Waals surface area (Å²) >= 11 is 0. The topological polar surface area (TPSA) is 47.7 Å². The fourth-order valence-electron chi connectivity index (χ4n) is 3.90. The molecule has 116 valence electrons. The minimum Gasteiger partial charge on any atom is -0.496 e. The fraction of sp³-hybridized carbons (Fsp3) is 0.647. The van der Waals surface area contributed by atoms with Crippen LogP contribution in [0, 0.1) is 0 Å². The number of hydrogen-bond acceptors (Lipinski definition) is 4. The number of fused-ring (bicyclic) bond motifs is 1. The van der Waals surface area contributed by atoms with Crippen LogP contribution in [0.5, 0.6) is 5.75 Å². The van der Waals surface area contributed by atoms with Gasteiger partial charge in [-0.15, -0.1) is 0 Å². The van der Waals surface area contributed by atoms with Crippen molar-refractivity contribution in [2.75, 3.05) is 26.8 Å². The number of morpholine rings is 1. The molecule has 3 atom stereocenters. The Bertz CT molecular complexity index is 464. The molecule has 0 spiro atoms. The first kappa shape index (κ1) is 14.8. The van der Waals surface area contributed by atoms with E-state index in [0.29, 0.717) is 18.7 Å². The third kappa shape index (κ3) is 2.93. The Labute approximate surface area is 127 Å². The molecule has 0 aromatic heterocycles. The zero-order valence-corrected chi connectivity index (χ0v) is 12.8. The fourth-order valence-corrected chi connectivity index (χ4v) is 3.90. The van der Waals surface area contributed by atoms with E-state index in [1.165, 1.54) is 31.2 Å². The normalized spacial score (nSPS) is 27.9. The third-order valence-corrected chi connectivity index (χ3v) is 4.90. The summed E-state index contributed by atoms with van der Waals surface area (Å²) in [6.07, 6.45) is 5.37. The summed E-state index contributed by atoms with van der Waals surface area (Å²) < 4.78 is 11.5. The number of nitrogens with two attached hydrogens (primary N) is 1. The lowest BCUT2D eigenvalue weighted by molar-refractivity contribution is -0.102. The zero-order chi connectivity index (χ0) is 14.7. The number of para-hydroxylation sites is 1. The lowest BCUT2D eigenvalue weighted by atomic mass is 9.88. The van der Waals surface area contributed by atoms with Crippen molar-refractivity contribution in [1.82, 2.24) is 4.90 Å². The Morgan fingerprint density at radius 2 is 2.14 bits per heavy atom. The number of hydrogen-bond donors (Lipinski definition) is 1. The molecule has 1 aromatic carbocycles. The molecule has 1 aromatic rings. The van der Waals surface area contributed by atoms with Crippen LogP contribution in [0.15, 0.2) is 24.3 Å². The molecule has 2 fully saturated rings. The van der Waals surface area contributed by atoms with Crippen LogP contribution in [0.25, 0.3) is 0 Å². The second-order valence-corrected chi connectivity index (χ2v) is 5.99. The molecular formula is C17H26N2O2. The third-order valence-electron chi connectivity index (χ3n) is 4.90. The lowest BCUT2D eigenvalue weighted by Gasteiger charge is -2.47. The van der Waals surface area contributed by atoms with Crippen molar-refractivity contribution in [2.24, 2.45) is 5.73 Å². The number of methoxy groups -OCH3 is 1. The average Bonchev–Trinajstić information content (AvgIpc) is 2.56. The molecule has 1 aliphatic heterocycles. The minimum absolute atomic E-state index is 0.218. The van der Waals surface area contributed by atoms with E-state index in [0.717, 1.165) is 18.9 Å². The van der Waals surface area contributed by atoms with Gasteiger partial charge in [0, 0.05) is 24.7 Å². The first-order chi connectivity index (χ1) is 10.3. The Morgan fingerprint density at radius 1 is 1.33 bits per heavy atom. The van der Waals surface area contributed by atoms with Crippen LogP contribution in [0.2, 0.25) is 0 Å². The summed E-state index contributed by atoms with van der Waals surface area (Å²) in [6.45, 7) is 2.39. The molecule has 0 radical (unpaired) electrons. The maximum atomic E-state index is 6.14. The number of rotatable bonds is 4. The van der Waals surface area contributed by atoms with E-state index < -0.39 is 0 Å². The molecule has 1 heterocycles. The predicted octanol–water partition coefficient (Wildman–Crippen LogP) is 2.34. The van der Waals surface area contributed by atoms with Crippen LogP contribution in [-0.4, -0.2) is 43.9 Å². The van der Waals surface area contributed by atoms with Crippen molar-refractivity contribution in [3.05, 3.63) is 29.8 Å². The van der Waals surface area contributed by atoms with Crippen molar-refractivity contribution < 1.29 is 9.47 Å². The first-order valence-electron chi connectivity index (χ1n) is 8.05. The maximum absolute atomic E-state index is 6.14. The molecular weight excluding hydrogens is 264 g/mol. The van der Waals surface area contributed by atoms with E-state index >= 15 is 0 Å². The van der Waals surface area contributed by atoms with E-state index in [2.05, 4.69) is 17.0 Å². The quantitative estimate of drug-likeness (QED) is 0.924. The van der Waals surface area contributed by atoms with Gasteiger partial charge < -0.3 is 15.2 Å². The van der Waals surface area contributed by atoms with Gasteiger partial charge in [0.25, 0.3) is 0 Å². The Balaban J connectivity index is 1.87. The predicted molar refractivity (Wildman–Crippen MR) is 83.5 cm³/mol. The summed E-state index contributed by atoms with van der Waals surface area (Å²) in [4.78, 5) is 2.56. The van der Waals surface area contributed by atoms with Crippen molar-refractivity contribution in [3.63, 3.8) is 0 Å². The summed E-state index contributed by atoms with van der Waals surface area (Å²) in [6, 6.07) is 8.97. The van der Waals surface area contributed by atoms with Crippen molar-refractivity contribution in [3.8, 4) is 5.75 Å².